The van der Waals surface area contributed by atoms with E-state index in [4.69, 9.17) is 0 Å². The van der Waals surface area contributed by atoms with Gasteiger partial charge in [-0.05, 0) is 143 Å². The van der Waals surface area contributed by atoms with Crippen molar-refractivity contribution in [1.82, 2.24) is 0 Å². The third-order valence-corrected chi connectivity index (χ3v) is 14.9. The SMILES string of the molecule is CC1(C)c2ccccc2-c2ccc3cc(N(c4ccccc4)c4cc(N(c5ccccc5)c5ccc6c7c(ccc6c5)-c5ccccc5C7(C)C)c5ccc6ccccc6c5c4)ccc3c21. The first-order valence-electron chi connectivity index (χ1n) is 23.3. The molecule has 2 heteroatoms. The van der Waals surface area contributed by atoms with Gasteiger partial charge in [0.2, 0.25) is 0 Å². The van der Waals surface area contributed by atoms with E-state index >= 15 is 0 Å². The Hall–Kier alpha value is -7.94. The number of fused-ring (bicyclic) bond motifs is 13. The standard InChI is InChI=1S/C64H48N2/c1-63(2)58-25-15-13-23-52(58)55-33-28-42-37-46(30-35-50(42)61(55)63)65(44-18-7-5-8-19-44)48-39-57-49-22-12-11-17-41(49)27-32-54(57)60(40-48)66(45-20-9-6-10-21-45)47-31-36-51-43(38-47)29-34-56-53-24-14-16-26-59(53)64(3,4)62(51)56/h5-40H,1-4H3. The van der Waals surface area contributed by atoms with Crippen LogP contribution in [0.1, 0.15) is 49.9 Å². The summed E-state index contributed by atoms with van der Waals surface area (Å²) in [5.74, 6) is 0. The summed E-state index contributed by atoms with van der Waals surface area (Å²) in [6.45, 7) is 9.51. The Bertz CT molecular complexity index is 3770. The third kappa shape index (κ3) is 5.61. The molecule has 0 spiro atoms. The van der Waals surface area contributed by atoms with E-state index in [1.165, 1.54) is 87.6 Å². The molecule has 11 aromatic rings. The Morgan fingerprint density at radius 2 is 0.742 bits per heavy atom. The molecule has 0 aliphatic heterocycles. The monoisotopic (exact) mass is 844 g/mol. The minimum atomic E-state index is -0.109. The molecule has 2 nitrogen and oxygen atoms in total. The smallest absolute Gasteiger partial charge is 0.0561 e. The van der Waals surface area contributed by atoms with Gasteiger partial charge >= 0.3 is 0 Å². The molecule has 0 saturated heterocycles. The molecule has 0 amide bonds. The normalized spacial score (nSPS) is 14.0. The molecule has 0 aromatic heterocycles. The summed E-state index contributed by atoms with van der Waals surface area (Å²) < 4.78 is 0. The molecule has 0 fully saturated rings. The molecule has 66 heavy (non-hydrogen) atoms. The van der Waals surface area contributed by atoms with E-state index in [9.17, 15) is 0 Å². The number of nitrogens with zero attached hydrogens (tertiary/aromatic N) is 2. The zero-order valence-electron chi connectivity index (χ0n) is 37.7. The van der Waals surface area contributed by atoms with Crippen LogP contribution in [0.2, 0.25) is 0 Å². The van der Waals surface area contributed by atoms with Crippen molar-refractivity contribution in [3.63, 3.8) is 0 Å². The maximum atomic E-state index is 2.47. The second-order valence-electron chi connectivity index (χ2n) is 19.3. The van der Waals surface area contributed by atoms with Crippen molar-refractivity contribution in [2.45, 2.75) is 38.5 Å². The minimum absolute atomic E-state index is 0.106. The van der Waals surface area contributed by atoms with Crippen LogP contribution in [0.25, 0.3) is 65.3 Å². The molecule has 0 N–H and O–H groups in total. The second-order valence-corrected chi connectivity index (χ2v) is 19.3. The first kappa shape index (κ1) is 38.5. The van der Waals surface area contributed by atoms with Gasteiger partial charge < -0.3 is 9.80 Å². The number of para-hydroxylation sites is 2. The van der Waals surface area contributed by atoms with Crippen LogP contribution in [0.3, 0.4) is 0 Å². The molecule has 0 bridgehead atoms. The molecule has 314 valence electrons. The van der Waals surface area contributed by atoms with Crippen molar-refractivity contribution in [2.24, 2.45) is 0 Å². The lowest BCUT2D eigenvalue weighted by Gasteiger charge is -2.31. The van der Waals surface area contributed by atoms with Crippen LogP contribution in [0, 0.1) is 0 Å². The topological polar surface area (TPSA) is 6.48 Å². The molecule has 2 aliphatic carbocycles. The molecular weight excluding hydrogens is 797 g/mol. The molecular formula is C64H48N2. The van der Waals surface area contributed by atoms with Crippen LogP contribution in [0.5, 0.6) is 0 Å². The maximum Gasteiger partial charge on any atom is 0.0561 e. The molecule has 2 aliphatic rings. The van der Waals surface area contributed by atoms with Crippen LogP contribution in [-0.4, -0.2) is 0 Å². The molecule has 13 rings (SSSR count). The summed E-state index contributed by atoms with van der Waals surface area (Å²) >= 11 is 0. The summed E-state index contributed by atoms with van der Waals surface area (Å²) in [4.78, 5) is 4.92. The summed E-state index contributed by atoms with van der Waals surface area (Å²) in [5, 5.41) is 9.93. The Labute approximate surface area is 386 Å². The minimum Gasteiger partial charge on any atom is -0.310 e. The summed E-state index contributed by atoms with van der Waals surface area (Å²) in [6.07, 6.45) is 0. The van der Waals surface area contributed by atoms with E-state index in [1.54, 1.807) is 0 Å². The fraction of sp³-hybridized carbons (Fsp3) is 0.0938. The molecule has 0 radical (unpaired) electrons. The summed E-state index contributed by atoms with van der Waals surface area (Å²) in [5.41, 5.74) is 17.4. The number of hydrogen-bond acceptors (Lipinski definition) is 2. The lowest BCUT2D eigenvalue weighted by atomic mass is 9.80. The zero-order valence-corrected chi connectivity index (χ0v) is 37.7. The fourth-order valence-electron chi connectivity index (χ4n) is 11.9. The quantitative estimate of drug-likeness (QED) is 0.154. The van der Waals surface area contributed by atoms with Gasteiger partial charge in [-0.2, -0.15) is 0 Å². The van der Waals surface area contributed by atoms with Crippen molar-refractivity contribution < 1.29 is 0 Å². The van der Waals surface area contributed by atoms with Gasteiger partial charge in [-0.15, -0.1) is 0 Å². The van der Waals surface area contributed by atoms with Crippen molar-refractivity contribution in [1.29, 1.82) is 0 Å². The van der Waals surface area contributed by atoms with E-state index in [0.29, 0.717) is 0 Å². The van der Waals surface area contributed by atoms with Crippen LogP contribution in [-0.2, 0) is 10.8 Å². The Kier molecular flexibility index (Phi) is 8.33. The molecule has 11 aromatic carbocycles. The fourth-order valence-corrected chi connectivity index (χ4v) is 11.9. The van der Waals surface area contributed by atoms with E-state index in [-0.39, 0.29) is 10.8 Å². The van der Waals surface area contributed by atoms with Gasteiger partial charge in [-0.3, -0.25) is 0 Å². The van der Waals surface area contributed by atoms with Gasteiger partial charge in [0, 0.05) is 44.7 Å². The number of anilines is 6. The van der Waals surface area contributed by atoms with E-state index in [2.05, 4.69) is 256 Å². The molecule has 0 saturated carbocycles. The van der Waals surface area contributed by atoms with Gasteiger partial charge in [0.25, 0.3) is 0 Å². The highest BCUT2D eigenvalue weighted by Gasteiger charge is 2.38. The highest BCUT2D eigenvalue weighted by molar-refractivity contribution is 6.15. The Morgan fingerprint density at radius 3 is 1.33 bits per heavy atom. The van der Waals surface area contributed by atoms with Crippen LogP contribution in [0.4, 0.5) is 34.1 Å². The van der Waals surface area contributed by atoms with Gasteiger partial charge in [-0.25, -0.2) is 0 Å². The predicted octanol–water partition coefficient (Wildman–Crippen LogP) is 17.9. The van der Waals surface area contributed by atoms with Crippen LogP contribution >= 0.6 is 0 Å². The number of rotatable bonds is 6. The van der Waals surface area contributed by atoms with E-state index in [1.807, 2.05) is 0 Å². The van der Waals surface area contributed by atoms with E-state index in [0.717, 1.165) is 34.1 Å². The largest absolute Gasteiger partial charge is 0.310 e. The molecule has 0 heterocycles. The summed E-state index contributed by atoms with van der Waals surface area (Å²) in [7, 11) is 0. The zero-order chi connectivity index (χ0) is 44.3. The average Bonchev–Trinajstić information content (AvgIpc) is 3.74. The van der Waals surface area contributed by atoms with Crippen LogP contribution in [0.15, 0.2) is 218 Å². The second kappa shape index (κ2) is 14.3. The Morgan fingerprint density at radius 1 is 0.273 bits per heavy atom. The summed E-state index contributed by atoms with van der Waals surface area (Å²) in [6, 6.07) is 81.4. The lowest BCUT2D eigenvalue weighted by Crippen LogP contribution is -2.16. The highest BCUT2D eigenvalue weighted by atomic mass is 15.2. The number of hydrogen-bond donors (Lipinski definition) is 0. The maximum absolute atomic E-state index is 2.47. The van der Waals surface area contributed by atoms with Crippen molar-refractivity contribution in [2.75, 3.05) is 9.80 Å². The molecule has 0 atom stereocenters. The van der Waals surface area contributed by atoms with Crippen molar-refractivity contribution in [3.8, 4) is 22.3 Å². The van der Waals surface area contributed by atoms with Gasteiger partial charge in [0.05, 0.1) is 5.69 Å². The van der Waals surface area contributed by atoms with Gasteiger partial charge in [-0.1, -0.05) is 185 Å². The predicted molar refractivity (Wildman–Crippen MR) is 281 cm³/mol. The van der Waals surface area contributed by atoms with Crippen LogP contribution < -0.4 is 9.80 Å². The van der Waals surface area contributed by atoms with Gasteiger partial charge in [0.1, 0.15) is 0 Å². The lowest BCUT2D eigenvalue weighted by molar-refractivity contribution is 0.666. The molecule has 0 unspecified atom stereocenters. The average molecular weight is 845 g/mol. The van der Waals surface area contributed by atoms with Crippen molar-refractivity contribution >= 4 is 77.2 Å². The highest BCUT2D eigenvalue weighted by Crippen LogP contribution is 2.54. The number of benzene rings is 11. The third-order valence-electron chi connectivity index (χ3n) is 14.9. The first-order chi connectivity index (χ1) is 32.3. The first-order valence-corrected chi connectivity index (χ1v) is 23.3. The van der Waals surface area contributed by atoms with E-state index < -0.39 is 0 Å². The van der Waals surface area contributed by atoms with Gasteiger partial charge in [0.15, 0.2) is 0 Å². The van der Waals surface area contributed by atoms with Crippen molar-refractivity contribution in [3.05, 3.63) is 241 Å². The Balaban J connectivity index is 1.04.